The van der Waals surface area contributed by atoms with Gasteiger partial charge in [0.25, 0.3) is 0 Å². The molecule has 0 aliphatic carbocycles. The lowest BCUT2D eigenvalue weighted by Crippen LogP contribution is -2.09. The van der Waals surface area contributed by atoms with Crippen LogP contribution in [-0.4, -0.2) is 18.4 Å². The van der Waals surface area contributed by atoms with Gasteiger partial charge in [-0.25, -0.2) is 0 Å². The predicted molar refractivity (Wildman–Crippen MR) is 64.5 cm³/mol. The molecule has 0 radical (unpaired) electrons. The Morgan fingerprint density at radius 2 is 2.07 bits per heavy atom. The highest BCUT2D eigenvalue weighted by atomic mass is 32.1. The Kier molecular flexibility index (Phi) is 4.66. The van der Waals surface area contributed by atoms with Gasteiger partial charge >= 0.3 is 0 Å². The van der Waals surface area contributed by atoms with Crippen molar-refractivity contribution >= 4 is 18.3 Å². The number of thiol groups is 1. The lowest BCUT2D eigenvalue weighted by molar-refractivity contribution is 0.243. The molecule has 0 aliphatic rings. The van der Waals surface area contributed by atoms with Crippen LogP contribution in [0.25, 0.3) is 0 Å². The van der Waals surface area contributed by atoms with E-state index in [1.807, 2.05) is 38.1 Å². The van der Waals surface area contributed by atoms with Gasteiger partial charge in [-0.05, 0) is 26.0 Å². The second-order valence-corrected chi connectivity index (χ2v) is 3.76. The molecule has 0 amide bonds. The Bertz CT molecular complexity index is 276. The molecule has 0 atom stereocenters. The van der Waals surface area contributed by atoms with Gasteiger partial charge in [0.15, 0.2) is 0 Å². The summed E-state index contributed by atoms with van der Waals surface area (Å²) in [4.78, 5) is 0. The van der Waals surface area contributed by atoms with Gasteiger partial charge in [0, 0.05) is 12.3 Å². The maximum Gasteiger partial charge on any atom is 0.142 e. The Labute approximate surface area is 91.1 Å². The van der Waals surface area contributed by atoms with E-state index < -0.39 is 0 Å². The van der Waals surface area contributed by atoms with Gasteiger partial charge in [-0.15, -0.1) is 0 Å². The minimum atomic E-state index is 0.203. The van der Waals surface area contributed by atoms with Crippen molar-refractivity contribution in [3.8, 4) is 5.75 Å². The second-order valence-electron chi connectivity index (χ2n) is 3.31. The summed E-state index contributed by atoms with van der Waals surface area (Å²) < 4.78 is 5.65. The zero-order valence-electron chi connectivity index (χ0n) is 8.66. The molecule has 0 spiro atoms. The summed E-state index contributed by atoms with van der Waals surface area (Å²) in [5, 5.41) is 3.27. The standard InChI is InChI=1S/C11H17NOS/c1-9(2)13-11-6-4-3-5-10(11)12-7-8-14/h3-6,9,12,14H,7-8H2,1-2H3. The van der Waals surface area contributed by atoms with Crippen molar-refractivity contribution in [3.63, 3.8) is 0 Å². The van der Waals surface area contributed by atoms with Crippen LogP contribution in [0, 0.1) is 0 Å². The Hall–Kier alpha value is -0.830. The third-order valence-electron chi connectivity index (χ3n) is 1.68. The first kappa shape index (κ1) is 11.2. The minimum absolute atomic E-state index is 0.203. The maximum absolute atomic E-state index is 5.65. The van der Waals surface area contributed by atoms with Crippen LogP contribution in [0.5, 0.6) is 5.75 Å². The average Bonchev–Trinajstić information content (AvgIpc) is 2.16. The number of para-hydroxylation sites is 2. The molecule has 1 aromatic carbocycles. The number of nitrogens with one attached hydrogen (secondary N) is 1. The Morgan fingerprint density at radius 1 is 1.36 bits per heavy atom. The molecule has 2 nitrogen and oxygen atoms in total. The largest absolute Gasteiger partial charge is 0.489 e. The highest BCUT2D eigenvalue weighted by Gasteiger charge is 2.03. The summed E-state index contributed by atoms with van der Waals surface area (Å²) in [6.07, 6.45) is 0.203. The van der Waals surface area contributed by atoms with Crippen molar-refractivity contribution < 1.29 is 4.74 Å². The summed E-state index contributed by atoms with van der Waals surface area (Å²) in [5.41, 5.74) is 1.04. The van der Waals surface area contributed by atoms with E-state index in [4.69, 9.17) is 4.74 Å². The number of benzene rings is 1. The molecule has 14 heavy (non-hydrogen) atoms. The van der Waals surface area contributed by atoms with Crippen molar-refractivity contribution in [3.05, 3.63) is 24.3 Å². The molecule has 0 saturated carbocycles. The minimum Gasteiger partial charge on any atom is -0.489 e. The van der Waals surface area contributed by atoms with Crippen molar-refractivity contribution in [2.24, 2.45) is 0 Å². The van der Waals surface area contributed by atoms with E-state index in [0.29, 0.717) is 0 Å². The fourth-order valence-electron chi connectivity index (χ4n) is 1.16. The van der Waals surface area contributed by atoms with E-state index in [1.54, 1.807) is 0 Å². The van der Waals surface area contributed by atoms with E-state index in [9.17, 15) is 0 Å². The molecule has 0 aromatic heterocycles. The van der Waals surface area contributed by atoms with E-state index >= 15 is 0 Å². The molecule has 0 saturated heterocycles. The van der Waals surface area contributed by atoms with E-state index in [-0.39, 0.29) is 6.10 Å². The first-order valence-corrected chi connectivity index (χ1v) is 5.47. The van der Waals surface area contributed by atoms with E-state index in [2.05, 4.69) is 17.9 Å². The number of hydrogen-bond donors (Lipinski definition) is 2. The van der Waals surface area contributed by atoms with Crippen molar-refractivity contribution in [1.29, 1.82) is 0 Å². The SMILES string of the molecule is CC(C)Oc1ccccc1NCCS. The highest BCUT2D eigenvalue weighted by Crippen LogP contribution is 2.24. The zero-order valence-corrected chi connectivity index (χ0v) is 9.55. The van der Waals surface area contributed by atoms with E-state index in [0.717, 1.165) is 23.7 Å². The number of hydrogen-bond acceptors (Lipinski definition) is 3. The third-order valence-corrected chi connectivity index (χ3v) is 1.90. The molecular formula is C11H17NOS. The lowest BCUT2D eigenvalue weighted by atomic mass is 10.3. The summed E-state index contributed by atoms with van der Waals surface area (Å²) in [6, 6.07) is 7.96. The van der Waals surface area contributed by atoms with Crippen LogP contribution in [0.2, 0.25) is 0 Å². The quantitative estimate of drug-likeness (QED) is 0.731. The van der Waals surface area contributed by atoms with Crippen LogP contribution in [0.4, 0.5) is 5.69 Å². The molecule has 0 heterocycles. The van der Waals surface area contributed by atoms with Crippen molar-refractivity contribution in [2.75, 3.05) is 17.6 Å². The zero-order chi connectivity index (χ0) is 10.4. The molecule has 1 rings (SSSR count). The number of ether oxygens (including phenoxy) is 1. The first-order chi connectivity index (χ1) is 6.74. The average molecular weight is 211 g/mol. The van der Waals surface area contributed by atoms with Gasteiger partial charge < -0.3 is 10.1 Å². The van der Waals surface area contributed by atoms with Gasteiger partial charge in [0.2, 0.25) is 0 Å². The first-order valence-electron chi connectivity index (χ1n) is 4.84. The fraction of sp³-hybridized carbons (Fsp3) is 0.455. The normalized spacial score (nSPS) is 10.3. The molecule has 0 bridgehead atoms. The Balaban J connectivity index is 2.69. The smallest absolute Gasteiger partial charge is 0.142 e. The molecule has 1 aromatic rings. The summed E-state index contributed by atoms with van der Waals surface area (Å²) in [6.45, 7) is 4.90. The molecule has 78 valence electrons. The van der Waals surface area contributed by atoms with E-state index in [1.165, 1.54) is 0 Å². The molecule has 0 aliphatic heterocycles. The Morgan fingerprint density at radius 3 is 2.71 bits per heavy atom. The molecule has 0 unspecified atom stereocenters. The number of anilines is 1. The van der Waals surface area contributed by atoms with Gasteiger partial charge in [0.05, 0.1) is 11.8 Å². The van der Waals surface area contributed by atoms with Crippen LogP contribution in [0.1, 0.15) is 13.8 Å². The molecule has 1 N–H and O–H groups in total. The van der Waals surface area contributed by atoms with Crippen LogP contribution in [-0.2, 0) is 0 Å². The highest BCUT2D eigenvalue weighted by molar-refractivity contribution is 7.80. The molecular weight excluding hydrogens is 194 g/mol. The van der Waals surface area contributed by atoms with Crippen molar-refractivity contribution in [1.82, 2.24) is 0 Å². The van der Waals surface area contributed by atoms with Crippen LogP contribution >= 0.6 is 12.6 Å². The fourth-order valence-corrected chi connectivity index (χ4v) is 1.27. The summed E-state index contributed by atoms with van der Waals surface area (Å²) >= 11 is 4.15. The second kappa shape index (κ2) is 5.81. The predicted octanol–water partition coefficient (Wildman–Crippen LogP) is 2.82. The summed E-state index contributed by atoms with van der Waals surface area (Å²) in [7, 11) is 0. The van der Waals surface area contributed by atoms with Gasteiger partial charge in [-0.3, -0.25) is 0 Å². The lowest BCUT2D eigenvalue weighted by Gasteiger charge is -2.14. The maximum atomic E-state index is 5.65. The number of rotatable bonds is 5. The summed E-state index contributed by atoms with van der Waals surface area (Å²) in [5.74, 6) is 1.72. The molecule has 3 heteroatoms. The third kappa shape index (κ3) is 3.50. The van der Waals surface area contributed by atoms with Crippen LogP contribution in [0.3, 0.4) is 0 Å². The monoisotopic (exact) mass is 211 g/mol. The van der Waals surface area contributed by atoms with Gasteiger partial charge in [0.1, 0.15) is 5.75 Å². The van der Waals surface area contributed by atoms with Gasteiger partial charge in [-0.2, -0.15) is 12.6 Å². The topological polar surface area (TPSA) is 21.3 Å². The van der Waals surface area contributed by atoms with Crippen molar-refractivity contribution in [2.45, 2.75) is 20.0 Å². The van der Waals surface area contributed by atoms with Gasteiger partial charge in [-0.1, -0.05) is 12.1 Å². The molecule has 0 fully saturated rings. The van der Waals surface area contributed by atoms with Crippen LogP contribution in [0.15, 0.2) is 24.3 Å². The van der Waals surface area contributed by atoms with Crippen LogP contribution < -0.4 is 10.1 Å².